The number of rotatable bonds is 7. The first-order valence-electron chi connectivity index (χ1n) is 7.92. The van der Waals surface area contributed by atoms with Gasteiger partial charge in [0, 0.05) is 19.0 Å². The number of nitrogens with zero attached hydrogens (tertiary/aromatic N) is 1. The molecule has 1 atom stereocenters. The molecule has 0 saturated carbocycles. The van der Waals surface area contributed by atoms with Crippen LogP contribution in [0.25, 0.3) is 0 Å². The van der Waals surface area contributed by atoms with Gasteiger partial charge in [0.05, 0.1) is 12.6 Å². The summed E-state index contributed by atoms with van der Waals surface area (Å²) in [5.41, 5.74) is 1.20. The van der Waals surface area contributed by atoms with Gasteiger partial charge in [-0.05, 0) is 33.3 Å². The standard InChI is InChI=1S/C17H28N4O/c1-5-18-17(19-12-11-16(22)20-13(2)3)21-14(4)15-9-7-6-8-10-15/h6-10,13-14H,5,11-12H2,1-4H3,(H,20,22)(H2,18,19,21). The molecule has 0 bridgehead atoms. The molecular formula is C17H28N4O. The third-order valence-corrected chi connectivity index (χ3v) is 3.06. The molecule has 22 heavy (non-hydrogen) atoms. The van der Waals surface area contributed by atoms with Crippen LogP contribution in [0.2, 0.25) is 0 Å². The van der Waals surface area contributed by atoms with Crippen molar-refractivity contribution in [3.63, 3.8) is 0 Å². The monoisotopic (exact) mass is 304 g/mol. The molecule has 0 aliphatic carbocycles. The minimum absolute atomic E-state index is 0.0331. The van der Waals surface area contributed by atoms with E-state index in [2.05, 4.69) is 40.0 Å². The fourth-order valence-corrected chi connectivity index (χ4v) is 2.01. The molecule has 1 rings (SSSR count). The average molecular weight is 304 g/mol. The minimum Gasteiger partial charge on any atom is -0.357 e. The number of nitrogens with one attached hydrogen (secondary N) is 3. The normalized spacial score (nSPS) is 12.9. The van der Waals surface area contributed by atoms with Gasteiger partial charge in [0.2, 0.25) is 5.91 Å². The van der Waals surface area contributed by atoms with Crippen LogP contribution in [0.1, 0.15) is 45.7 Å². The summed E-state index contributed by atoms with van der Waals surface area (Å²) in [6.07, 6.45) is 0.397. The van der Waals surface area contributed by atoms with Crippen molar-refractivity contribution in [2.45, 2.75) is 46.2 Å². The molecule has 0 aliphatic rings. The van der Waals surface area contributed by atoms with Crippen molar-refractivity contribution >= 4 is 11.9 Å². The van der Waals surface area contributed by atoms with Crippen LogP contribution in [-0.2, 0) is 4.79 Å². The Hall–Kier alpha value is -2.04. The Labute approximate surface area is 133 Å². The van der Waals surface area contributed by atoms with E-state index in [1.807, 2.05) is 39.0 Å². The van der Waals surface area contributed by atoms with Gasteiger partial charge in [-0.2, -0.15) is 0 Å². The van der Waals surface area contributed by atoms with Gasteiger partial charge in [-0.1, -0.05) is 30.3 Å². The molecule has 0 heterocycles. The summed E-state index contributed by atoms with van der Waals surface area (Å²) < 4.78 is 0. The highest BCUT2D eigenvalue weighted by Crippen LogP contribution is 2.10. The summed E-state index contributed by atoms with van der Waals surface area (Å²) in [6.45, 7) is 9.27. The molecule has 1 amide bonds. The summed E-state index contributed by atoms with van der Waals surface area (Å²) in [5, 5.41) is 9.43. The molecule has 0 radical (unpaired) electrons. The van der Waals surface area contributed by atoms with Crippen LogP contribution in [-0.4, -0.2) is 31.0 Å². The maximum absolute atomic E-state index is 11.6. The van der Waals surface area contributed by atoms with Crippen molar-refractivity contribution in [1.29, 1.82) is 0 Å². The number of carbonyl (C=O) groups excluding carboxylic acids is 1. The maximum Gasteiger partial charge on any atom is 0.222 e. The SMILES string of the molecule is CCNC(=NCCC(=O)NC(C)C)NC(C)c1ccccc1. The van der Waals surface area contributed by atoms with Crippen molar-refractivity contribution in [3.8, 4) is 0 Å². The van der Waals surface area contributed by atoms with E-state index in [0.717, 1.165) is 12.5 Å². The highest BCUT2D eigenvalue weighted by atomic mass is 16.1. The van der Waals surface area contributed by atoms with E-state index in [0.29, 0.717) is 13.0 Å². The summed E-state index contributed by atoms with van der Waals surface area (Å²) >= 11 is 0. The van der Waals surface area contributed by atoms with E-state index >= 15 is 0 Å². The van der Waals surface area contributed by atoms with Crippen molar-refractivity contribution in [3.05, 3.63) is 35.9 Å². The molecule has 1 unspecified atom stereocenters. The number of hydrogen-bond acceptors (Lipinski definition) is 2. The number of carbonyl (C=O) groups is 1. The van der Waals surface area contributed by atoms with E-state index in [9.17, 15) is 4.79 Å². The van der Waals surface area contributed by atoms with Crippen LogP contribution in [0.5, 0.6) is 0 Å². The summed E-state index contributed by atoms with van der Waals surface area (Å²) in [4.78, 5) is 16.1. The number of hydrogen-bond donors (Lipinski definition) is 3. The zero-order valence-corrected chi connectivity index (χ0v) is 14.0. The van der Waals surface area contributed by atoms with Crippen LogP contribution in [0.3, 0.4) is 0 Å². The maximum atomic E-state index is 11.6. The average Bonchev–Trinajstić information content (AvgIpc) is 2.47. The largest absolute Gasteiger partial charge is 0.357 e. The number of guanidine groups is 1. The molecule has 1 aromatic rings. The molecule has 0 aromatic heterocycles. The van der Waals surface area contributed by atoms with Crippen LogP contribution in [0.15, 0.2) is 35.3 Å². The van der Waals surface area contributed by atoms with Crippen molar-refractivity contribution < 1.29 is 4.79 Å². The smallest absolute Gasteiger partial charge is 0.222 e. The summed E-state index contributed by atoms with van der Waals surface area (Å²) in [5.74, 6) is 0.766. The summed E-state index contributed by atoms with van der Waals surface area (Å²) in [7, 11) is 0. The molecule has 5 heteroatoms. The first-order valence-corrected chi connectivity index (χ1v) is 7.92. The van der Waals surface area contributed by atoms with Crippen molar-refractivity contribution in [2.24, 2.45) is 4.99 Å². The molecule has 5 nitrogen and oxygen atoms in total. The summed E-state index contributed by atoms with van der Waals surface area (Å²) in [6, 6.07) is 10.5. The lowest BCUT2D eigenvalue weighted by Gasteiger charge is -2.18. The fourth-order valence-electron chi connectivity index (χ4n) is 2.01. The zero-order chi connectivity index (χ0) is 16.4. The van der Waals surface area contributed by atoms with E-state index < -0.39 is 0 Å². The molecule has 0 aliphatic heterocycles. The highest BCUT2D eigenvalue weighted by Gasteiger charge is 2.07. The highest BCUT2D eigenvalue weighted by molar-refractivity contribution is 5.81. The third kappa shape index (κ3) is 7.11. The Kier molecular flexibility index (Phi) is 8.04. The predicted octanol–water partition coefficient (Wildman–Crippen LogP) is 2.22. The van der Waals surface area contributed by atoms with Crippen molar-refractivity contribution in [1.82, 2.24) is 16.0 Å². The van der Waals surface area contributed by atoms with E-state index in [1.54, 1.807) is 0 Å². The molecular weight excluding hydrogens is 276 g/mol. The lowest BCUT2D eigenvalue weighted by molar-refractivity contribution is -0.121. The number of benzene rings is 1. The number of amides is 1. The van der Waals surface area contributed by atoms with Crippen LogP contribution < -0.4 is 16.0 Å². The first kappa shape index (κ1) is 18.0. The lowest BCUT2D eigenvalue weighted by atomic mass is 10.1. The first-order chi connectivity index (χ1) is 10.5. The topological polar surface area (TPSA) is 65.5 Å². The van der Waals surface area contributed by atoms with Crippen LogP contribution in [0.4, 0.5) is 0 Å². The quantitative estimate of drug-likeness (QED) is 0.534. The Balaban J connectivity index is 2.53. The molecule has 122 valence electrons. The van der Waals surface area contributed by atoms with Gasteiger partial charge in [0.15, 0.2) is 5.96 Å². The second kappa shape index (κ2) is 9.82. The van der Waals surface area contributed by atoms with E-state index in [4.69, 9.17) is 0 Å². The van der Waals surface area contributed by atoms with Crippen molar-refractivity contribution in [2.75, 3.05) is 13.1 Å². The minimum atomic E-state index is 0.0331. The Morgan fingerprint density at radius 2 is 1.82 bits per heavy atom. The number of aliphatic imine (C=N–C) groups is 1. The van der Waals surface area contributed by atoms with Gasteiger partial charge < -0.3 is 16.0 Å². The Morgan fingerprint density at radius 3 is 2.41 bits per heavy atom. The van der Waals surface area contributed by atoms with Gasteiger partial charge in [0.25, 0.3) is 0 Å². The second-order valence-electron chi connectivity index (χ2n) is 5.51. The van der Waals surface area contributed by atoms with Gasteiger partial charge in [0.1, 0.15) is 0 Å². The van der Waals surface area contributed by atoms with Gasteiger partial charge >= 0.3 is 0 Å². The molecule has 0 fully saturated rings. The van der Waals surface area contributed by atoms with Crippen LogP contribution in [0, 0.1) is 0 Å². The van der Waals surface area contributed by atoms with Gasteiger partial charge in [-0.15, -0.1) is 0 Å². The Morgan fingerprint density at radius 1 is 1.14 bits per heavy atom. The molecule has 0 spiro atoms. The second-order valence-corrected chi connectivity index (χ2v) is 5.51. The van der Waals surface area contributed by atoms with Gasteiger partial charge in [-0.25, -0.2) is 0 Å². The zero-order valence-electron chi connectivity index (χ0n) is 14.0. The predicted molar refractivity (Wildman–Crippen MR) is 91.9 cm³/mol. The van der Waals surface area contributed by atoms with E-state index in [1.165, 1.54) is 5.56 Å². The van der Waals surface area contributed by atoms with Gasteiger partial charge in [-0.3, -0.25) is 9.79 Å². The lowest BCUT2D eigenvalue weighted by Crippen LogP contribution is -2.39. The Bertz CT molecular complexity index is 471. The molecule has 0 saturated heterocycles. The fraction of sp³-hybridized carbons (Fsp3) is 0.529. The third-order valence-electron chi connectivity index (χ3n) is 3.06. The van der Waals surface area contributed by atoms with Crippen LogP contribution >= 0.6 is 0 Å². The molecule has 3 N–H and O–H groups in total. The van der Waals surface area contributed by atoms with E-state index in [-0.39, 0.29) is 18.0 Å². The molecule has 1 aromatic carbocycles.